The van der Waals surface area contributed by atoms with Gasteiger partial charge in [-0.25, -0.2) is 0 Å². The zero-order valence-electron chi connectivity index (χ0n) is 9.73. The van der Waals surface area contributed by atoms with Crippen molar-refractivity contribution in [2.75, 3.05) is 7.11 Å². The van der Waals surface area contributed by atoms with E-state index >= 15 is 0 Å². The summed E-state index contributed by atoms with van der Waals surface area (Å²) in [4.78, 5) is 4.09. The van der Waals surface area contributed by atoms with Crippen LogP contribution in [0.25, 0.3) is 0 Å². The molecule has 2 N–H and O–H groups in total. The lowest BCUT2D eigenvalue weighted by Gasteiger charge is -2.14. The maximum absolute atomic E-state index is 6.20. The van der Waals surface area contributed by atoms with Gasteiger partial charge in [0.05, 0.1) is 19.3 Å². The van der Waals surface area contributed by atoms with Crippen molar-refractivity contribution >= 4 is 27.5 Å². The van der Waals surface area contributed by atoms with Crippen molar-refractivity contribution in [1.29, 1.82) is 0 Å². The van der Waals surface area contributed by atoms with Gasteiger partial charge in [0.2, 0.25) is 0 Å². The summed E-state index contributed by atoms with van der Waals surface area (Å²) in [5.41, 5.74) is 7.91. The van der Waals surface area contributed by atoms with Crippen molar-refractivity contribution in [1.82, 2.24) is 4.98 Å². The molecule has 0 aliphatic rings. The highest BCUT2D eigenvalue weighted by Gasteiger charge is 2.13. The predicted molar refractivity (Wildman–Crippen MR) is 76.0 cm³/mol. The van der Waals surface area contributed by atoms with Gasteiger partial charge in [-0.2, -0.15) is 0 Å². The van der Waals surface area contributed by atoms with Crippen LogP contribution in [0.1, 0.15) is 17.2 Å². The lowest BCUT2D eigenvalue weighted by molar-refractivity contribution is 0.412. The number of rotatable bonds is 3. The second-order valence-electron chi connectivity index (χ2n) is 3.80. The zero-order chi connectivity index (χ0) is 13.1. The van der Waals surface area contributed by atoms with Gasteiger partial charge in [0.1, 0.15) is 5.75 Å². The van der Waals surface area contributed by atoms with E-state index in [1.807, 2.05) is 24.3 Å². The van der Waals surface area contributed by atoms with Crippen LogP contribution in [0.2, 0.25) is 5.02 Å². The van der Waals surface area contributed by atoms with Crippen LogP contribution in [0.15, 0.2) is 41.1 Å². The Kier molecular flexibility index (Phi) is 4.22. The number of hydrogen-bond acceptors (Lipinski definition) is 3. The molecular weight excluding hydrogens is 316 g/mol. The Morgan fingerprint density at radius 2 is 2.11 bits per heavy atom. The highest BCUT2D eigenvalue weighted by atomic mass is 79.9. The molecule has 1 aromatic carbocycles. The molecule has 0 bridgehead atoms. The van der Waals surface area contributed by atoms with Crippen LogP contribution < -0.4 is 10.5 Å². The molecule has 1 atom stereocenters. The SMILES string of the molecule is COc1cncc(C(N)c2ccc(Br)cc2Cl)c1. The number of hydrogen-bond donors (Lipinski definition) is 1. The summed E-state index contributed by atoms with van der Waals surface area (Å²) in [7, 11) is 1.60. The lowest BCUT2D eigenvalue weighted by Crippen LogP contribution is -2.12. The molecule has 1 heterocycles. The van der Waals surface area contributed by atoms with Crippen molar-refractivity contribution in [3.05, 3.63) is 57.3 Å². The average molecular weight is 328 g/mol. The third-order valence-electron chi connectivity index (χ3n) is 2.63. The van der Waals surface area contributed by atoms with Crippen molar-refractivity contribution in [3.63, 3.8) is 0 Å². The van der Waals surface area contributed by atoms with E-state index in [9.17, 15) is 0 Å². The van der Waals surface area contributed by atoms with Crippen molar-refractivity contribution in [3.8, 4) is 5.75 Å². The Balaban J connectivity index is 2.37. The minimum Gasteiger partial charge on any atom is -0.495 e. The lowest BCUT2D eigenvalue weighted by atomic mass is 10.0. The molecule has 3 nitrogen and oxygen atoms in total. The van der Waals surface area contributed by atoms with Crippen LogP contribution in [0, 0.1) is 0 Å². The van der Waals surface area contributed by atoms with Gasteiger partial charge in [0.15, 0.2) is 0 Å². The van der Waals surface area contributed by atoms with Gasteiger partial charge < -0.3 is 10.5 Å². The molecule has 0 aliphatic heterocycles. The van der Waals surface area contributed by atoms with Gasteiger partial charge in [-0.3, -0.25) is 4.98 Å². The fraction of sp³-hybridized carbons (Fsp3) is 0.154. The maximum Gasteiger partial charge on any atom is 0.137 e. The first kappa shape index (κ1) is 13.3. The molecule has 0 aliphatic carbocycles. The Morgan fingerprint density at radius 3 is 2.78 bits per heavy atom. The van der Waals surface area contributed by atoms with Crippen LogP contribution in [-0.2, 0) is 0 Å². The molecule has 0 spiro atoms. The second-order valence-corrected chi connectivity index (χ2v) is 5.12. The largest absolute Gasteiger partial charge is 0.495 e. The fourth-order valence-corrected chi connectivity index (χ4v) is 2.44. The van der Waals surface area contributed by atoms with Crippen LogP contribution in [-0.4, -0.2) is 12.1 Å². The monoisotopic (exact) mass is 326 g/mol. The van der Waals surface area contributed by atoms with Gasteiger partial charge >= 0.3 is 0 Å². The predicted octanol–water partition coefficient (Wildman–Crippen LogP) is 3.55. The Hall–Kier alpha value is -1.10. The van der Waals surface area contributed by atoms with E-state index in [0.717, 1.165) is 15.6 Å². The number of pyridine rings is 1. The van der Waals surface area contributed by atoms with E-state index in [1.165, 1.54) is 0 Å². The molecule has 0 saturated carbocycles. The minimum absolute atomic E-state index is 0.326. The van der Waals surface area contributed by atoms with E-state index in [4.69, 9.17) is 22.1 Å². The summed E-state index contributed by atoms with van der Waals surface area (Å²) in [5, 5.41) is 0.625. The van der Waals surface area contributed by atoms with Crippen molar-refractivity contribution in [2.24, 2.45) is 5.73 Å². The van der Waals surface area contributed by atoms with Gasteiger partial charge in [-0.1, -0.05) is 33.6 Å². The third-order valence-corrected chi connectivity index (χ3v) is 3.45. The first-order valence-corrected chi connectivity index (χ1v) is 6.48. The molecule has 0 saturated heterocycles. The number of benzene rings is 1. The molecule has 2 rings (SSSR count). The Morgan fingerprint density at radius 1 is 1.33 bits per heavy atom. The number of methoxy groups -OCH3 is 1. The van der Waals surface area contributed by atoms with Gasteiger partial charge in [0.25, 0.3) is 0 Å². The molecule has 5 heteroatoms. The molecule has 1 aromatic heterocycles. The van der Waals surface area contributed by atoms with Crippen LogP contribution >= 0.6 is 27.5 Å². The van der Waals surface area contributed by atoms with Gasteiger partial charge in [-0.15, -0.1) is 0 Å². The molecule has 1 unspecified atom stereocenters. The molecule has 18 heavy (non-hydrogen) atoms. The number of nitrogens with zero attached hydrogens (tertiary/aromatic N) is 1. The van der Waals surface area contributed by atoms with Gasteiger partial charge in [0, 0.05) is 15.7 Å². The minimum atomic E-state index is -0.326. The van der Waals surface area contributed by atoms with E-state index in [-0.39, 0.29) is 6.04 Å². The van der Waals surface area contributed by atoms with Gasteiger partial charge in [-0.05, 0) is 29.3 Å². The Bertz CT molecular complexity index is 562. The van der Waals surface area contributed by atoms with Crippen LogP contribution in [0.4, 0.5) is 0 Å². The first-order valence-electron chi connectivity index (χ1n) is 5.31. The third kappa shape index (κ3) is 2.83. The topological polar surface area (TPSA) is 48.1 Å². The molecule has 94 valence electrons. The first-order chi connectivity index (χ1) is 8.61. The van der Waals surface area contributed by atoms with E-state index in [1.54, 1.807) is 19.5 Å². The second kappa shape index (κ2) is 5.69. The zero-order valence-corrected chi connectivity index (χ0v) is 12.1. The molecular formula is C13H12BrClN2O. The van der Waals surface area contributed by atoms with Crippen molar-refractivity contribution < 1.29 is 4.74 Å². The molecule has 0 fully saturated rings. The summed E-state index contributed by atoms with van der Waals surface area (Å²) in [6, 6.07) is 7.17. The Labute approximate surface area is 119 Å². The summed E-state index contributed by atoms with van der Waals surface area (Å²) in [6.07, 6.45) is 3.35. The molecule has 0 amide bonds. The molecule has 0 radical (unpaired) electrons. The summed E-state index contributed by atoms with van der Waals surface area (Å²) < 4.78 is 6.06. The quantitative estimate of drug-likeness (QED) is 0.938. The van der Waals surface area contributed by atoms with Crippen molar-refractivity contribution in [2.45, 2.75) is 6.04 Å². The van der Waals surface area contributed by atoms with E-state index in [2.05, 4.69) is 20.9 Å². The number of ether oxygens (including phenoxy) is 1. The highest BCUT2D eigenvalue weighted by Crippen LogP contribution is 2.29. The maximum atomic E-state index is 6.20. The number of nitrogens with two attached hydrogens (primary N) is 1. The average Bonchev–Trinajstić information content (AvgIpc) is 2.38. The fourth-order valence-electron chi connectivity index (χ4n) is 1.65. The van der Waals surface area contributed by atoms with E-state index < -0.39 is 0 Å². The molecule has 2 aromatic rings. The summed E-state index contributed by atoms with van der Waals surface area (Å²) in [6.45, 7) is 0. The van der Waals surface area contributed by atoms with Crippen LogP contribution in [0.3, 0.4) is 0 Å². The standard InChI is InChI=1S/C13H12BrClN2O/c1-18-10-4-8(6-17-7-10)13(16)11-3-2-9(14)5-12(11)15/h2-7,13H,16H2,1H3. The normalized spacial score (nSPS) is 12.2. The summed E-state index contributed by atoms with van der Waals surface area (Å²) >= 11 is 9.55. The summed E-state index contributed by atoms with van der Waals surface area (Å²) in [5.74, 6) is 0.677. The van der Waals surface area contributed by atoms with E-state index in [0.29, 0.717) is 10.8 Å². The van der Waals surface area contributed by atoms with Crippen LogP contribution in [0.5, 0.6) is 5.75 Å². The number of halogens is 2. The smallest absolute Gasteiger partial charge is 0.137 e. The number of aromatic nitrogens is 1. The highest BCUT2D eigenvalue weighted by molar-refractivity contribution is 9.10.